The van der Waals surface area contributed by atoms with E-state index in [4.69, 9.17) is 0 Å². The van der Waals surface area contributed by atoms with Gasteiger partial charge in [-0.2, -0.15) is 0 Å². The molecule has 0 aliphatic carbocycles. The molecule has 2 aromatic heterocycles. The van der Waals surface area contributed by atoms with E-state index in [1.165, 1.54) is 12.5 Å². The number of aromatic amines is 2. The first-order valence-electron chi connectivity index (χ1n) is 9.06. The highest BCUT2D eigenvalue weighted by atomic mass is 32.2. The van der Waals surface area contributed by atoms with Crippen LogP contribution in [0.15, 0.2) is 57.2 Å². The van der Waals surface area contributed by atoms with E-state index in [1.807, 2.05) is 32.2 Å². The van der Waals surface area contributed by atoms with Crippen molar-refractivity contribution in [1.82, 2.24) is 9.97 Å². The summed E-state index contributed by atoms with van der Waals surface area (Å²) >= 11 is 1.62. The Hall–Kier alpha value is -2.23. The number of nitrogens with one attached hydrogen (secondary N) is 2. The van der Waals surface area contributed by atoms with Gasteiger partial charge in [0.1, 0.15) is 0 Å². The maximum absolute atomic E-state index is 11.5. The van der Waals surface area contributed by atoms with Gasteiger partial charge in [-0.1, -0.05) is 0 Å². The minimum absolute atomic E-state index is 0.365. The topological polar surface area (TPSA) is 99.9 Å². The molecule has 30 heavy (non-hydrogen) atoms. The van der Waals surface area contributed by atoms with E-state index < -0.39 is 19.7 Å². The number of rotatable bonds is 3. The fourth-order valence-electron chi connectivity index (χ4n) is 3.26. The summed E-state index contributed by atoms with van der Waals surface area (Å²) in [6.07, 6.45) is 4.43. The Labute approximate surface area is 180 Å². The second-order valence-electron chi connectivity index (χ2n) is 7.24. The minimum Gasteiger partial charge on any atom is -0.359 e. The van der Waals surface area contributed by atoms with E-state index in [0.29, 0.717) is 9.79 Å². The average molecular weight is 465 g/mol. The van der Waals surface area contributed by atoms with Crippen molar-refractivity contribution in [1.29, 1.82) is 0 Å². The lowest BCUT2D eigenvalue weighted by atomic mass is 10.2. The van der Waals surface area contributed by atoms with Crippen LogP contribution in [0.25, 0.3) is 21.8 Å². The van der Waals surface area contributed by atoms with Gasteiger partial charge in [-0.05, 0) is 62.6 Å². The molecule has 2 N–H and O–H groups in total. The fraction of sp³-hybridized carbons (Fsp3) is 0.238. The zero-order chi connectivity index (χ0) is 22.3. The first-order chi connectivity index (χ1) is 13.9. The van der Waals surface area contributed by atoms with Crippen LogP contribution in [0, 0.1) is 13.8 Å². The molecule has 0 bridgehead atoms. The summed E-state index contributed by atoms with van der Waals surface area (Å²) in [5.74, 6) is 0. The number of benzene rings is 2. The first-order valence-corrected chi connectivity index (χ1v) is 14.1. The van der Waals surface area contributed by atoms with Gasteiger partial charge in [0.15, 0.2) is 19.7 Å². The van der Waals surface area contributed by atoms with E-state index in [1.54, 1.807) is 42.1 Å². The Bertz CT molecular complexity index is 1450. The molecule has 160 valence electrons. The SMILES string of the molecule is CSc1c(C)[nH]c2ccc(S(C)(=O)=O)cc12.Cc1cc2cc(S(C)(=O)=O)ccc2[nH]1. The molecule has 0 atom stereocenters. The first kappa shape index (κ1) is 22.5. The minimum atomic E-state index is -3.13. The van der Waals surface area contributed by atoms with Crippen molar-refractivity contribution in [3.05, 3.63) is 53.9 Å². The van der Waals surface area contributed by atoms with Gasteiger partial charge in [0.2, 0.25) is 0 Å². The second-order valence-corrected chi connectivity index (χ2v) is 12.1. The predicted octanol–water partition coefficient (Wildman–Crippen LogP) is 4.48. The number of aryl methyl sites for hydroxylation is 2. The maximum Gasteiger partial charge on any atom is 0.175 e. The molecule has 0 amide bonds. The summed E-state index contributed by atoms with van der Waals surface area (Å²) in [4.78, 5) is 8.23. The lowest BCUT2D eigenvalue weighted by molar-refractivity contribution is 0.600. The van der Waals surface area contributed by atoms with Crippen LogP contribution in [0.1, 0.15) is 11.4 Å². The van der Waals surface area contributed by atoms with Crippen LogP contribution in [0.5, 0.6) is 0 Å². The summed E-state index contributed by atoms with van der Waals surface area (Å²) in [7, 11) is -6.23. The molecular formula is C21H24N2O4S3. The molecule has 0 radical (unpaired) electrons. The molecule has 9 heteroatoms. The van der Waals surface area contributed by atoms with E-state index in [2.05, 4.69) is 9.97 Å². The summed E-state index contributed by atoms with van der Waals surface area (Å²) in [5, 5.41) is 1.92. The highest BCUT2D eigenvalue weighted by Gasteiger charge is 2.12. The number of fused-ring (bicyclic) bond motifs is 2. The van der Waals surface area contributed by atoms with E-state index in [9.17, 15) is 16.8 Å². The van der Waals surface area contributed by atoms with Gasteiger partial charge in [-0.25, -0.2) is 16.8 Å². The Morgan fingerprint density at radius 1 is 0.767 bits per heavy atom. The number of aromatic nitrogens is 2. The molecule has 0 aliphatic heterocycles. The number of sulfone groups is 2. The largest absolute Gasteiger partial charge is 0.359 e. The van der Waals surface area contributed by atoms with Crippen LogP contribution in [0.2, 0.25) is 0 Å². The smallest absolute Gasteiger partial charge is 0.175 e. The number of hydrogen-bond acceptors (Lipinski definition) is 5. The zero-order valence-electron chi connectivity index (χ0n) is 17.4. The lowest BCUT2D eigenvalue weighted by Crippen LogP contribution is -1.96. The third-order valence-electron chi connectivity index (χ3n) is 4.69. The van der Waals surface area contributed by atoms with Crippen molar-refractivity contribution < 1.29 is 16.8 Å². The quantitative estimate of drug-likeness (QED) is 0.436. The molecule has 4 aromatic rings. The molecule has 2 heterocycles. The monoisotopic (exact) mass is 464 g/mol. The van der Waals surface area contributed by atoms with Gasteiger partial charge >= 0.3 is 0 Å². The molecule has 4 rings (SSSR count). The lowest BCUT2D eigenvalue weighted by Gasteiger charge is -1.99. The van der Waals surface area contributed by atoms with Crippen molar-refractivity contribution in [2.45, 2.75) is 28.5 Å². The van der Waals surface area contributed by atoms with E-state index in [-0.39, 0.29) is 0 Å². The molecule has 2 aromatic carbocycles. The molecule has 0 fully saturated rings. The van der Waals surface area contributed by atoms with Crippen LogP contribution in [0.3, 0.4) is 0 Å². The van der Waals surface area contributed by atoms with Gasteiger partial charge in [-0.3, -0.25) is 0 Å². The number of thioether (sulfide) groups is 1. The van der Waals surface area contributed by atoms with Gasteiger partial charge in [0, 0.05) is 50.6 Å². The van der Waals surface area contributed by atoms with Crippen LogP contribution >= 0.6 is 11.8 Å². The van der Waals surface area contributed by atoms with Gasteiger partial charge in [0.25, 0.3) is 0 Å². The number of hydrogen-bond donors (Lipinski definition) is 2. The summed E-state index contributed by atoms with van der Waals surface area (Å²) in [6, 6.07) is 12.2. The third kappa shape index (κ3) is 4.74. The molecule has 6 nitrogen and oxygen atoms in total. The highest BCUT2D eigenvalue weighted by Crippen LogP contribution is 2.31. The fourth-order valence-corrected chi connectivity index (χ4v) is 5.31. The maximum atomic E-state index is 11.5. The molecule has 0 saturated carbocycles. The van der Waals surface area contributed by atoms with Crippen LogP contribution in [-0.2, 0) is 19.7 Å². The summed E-state index contributed by atoms with van der Waals surface area (Å²) in [5.41, 5.74) is 4.06. The third-order valence-corrected chi connectivity index (χ3v) is 7.84. The van der Waals surface area contributed by atoms with Crippen molar-refractivity contribution in [3.63, 3.8) is 0 Å². The van der Waals surface area contributed by atoms with Crippen LogP contribution in [0.4, 0.5) is 0 Å². The van der Waals surface area contributed by atoms with Gasteiger partial charge in [0.05, 0.1) is 9.79 Å². The Morgan fingerprint density at radius 2 is 1.33 bits per heavy atom. The van der Waals surface area contributed by atoms with Gasteiger partial charge in [-0.15, -0.1) is 11.8 Å². The summed E-state index contributed by atoms with van der Waals surface area (Å²) < 4.78 is 45.5. The molecule has 0 spiro atoms. The molecule has 0 aliphatic rings. The van der Waals surface area contributed by atoms with Crippen LogP contribution < -0.4 is 0 Å². The predicted molar refractivity (Wildman–Crippen MR) is 124 cm³/mol. The zero-order valence-corrected chi connectivity index (χ0v) is 19.8. The van der Waals surface area contributed by atoms with Crippen LogP contribution in [-0.4, -0.2) is 45.6 Å². The van der Waals surface area contributed by atoms with Crippen molar-refractivity contribution >= 4 is 53.2 Å². The summed E-state index contributed by atoms with van der Waals surface area (Å²) in [6.45, 7) is 3.94. The highest BCUT2D eigenvalue weighted by molar-refractivity contribution is 7.98. The van der Waals surface area contributed by atoms with E-state index >= 15 is 0 Å². The van der Waals surface area contributed by atoms with Crippen molar-refractivity contribution in [2.75, 3.05) is 18.8 Å². The van der Waals surface area contributed by atoms with Crippen molar-refractivity contribution in [2.24, 2.45) is 0 Å². The Morgan fingerprint density at radius 3 is 1.90 bits per heavy atom. The Balaban J connectivity index is 0.000000172. The molecule has 0 unspecified atom stereocenters. The molecular weight excluding hydrogens is 440 g/mol. The van der Waals surface area contributed by atoms with E-state index in [0.717, 1.165) is 38.1 Å². The second kappa shape index (κ2) is 8.13. The number of H-pyrrole nitrogens is 2. The standard InChI is InChI=1S/C11H13NO2S2.C10H11NO2S/c1-7-11(15-2)9-6-8(16(3,13)14)4-5-10(9)12-7;1-7-5-8-6-9(14(2,12)13)3-4-10(8)11-7/h4-6,12H,1-3H3;3-6,11H,1-2H3. The van der Waals surface area contributed by atoms with Gasteiger partial charge < -0.3 is 9.97 Å². The van der Waals surface area contributed by atoms with Crippen molar-refractivity contribution in [3.8, 4) is 0 Å². The average Bonchev–Trinajstić information content (AvgIpc) is 3.16. The Kier molecular flexibility index (Phi) is 6.08. The molecule has 0 saturated heterocycles. The normalized spacial score (nSPS) is 12.2.